The van der Waals surface area contributed by atoms with Gasteiger partial charge in [-0.25, -0.2) is 0 Å². The number of hydrogen-bond acceptors (Lipinski definition) is 6. The van der Waals surface area contributed by atoms with Gasteiger partial charge in [0.05, 0.1) is 44.5 Å². The summed E-state index contributed by atoms with van der Waals surface area (Å²) in [5.74, 6) is 0.302. The van der Waals surface area contributed by atoms with E-state index < -0.39 is 5.60 Å². The van der Waals surface area contributed by atoms with Crippen molar-refractivity contribution in [2.24, 2.45) is 0 Å². The molecule has 2 amide bonds. The van der Waals surface area contributed by atoms with Crippen LogP contribution in [0.3, 0.4) is 0 Å². The molecule has 8 heteroatoms. The Morgan fingerprint density at radius 2 is 2.07 bits per heavy atom. The van der Waals surface area contributed by atoms with Gasteiger partial charge >= 0.3 is 0 Å². The van der Waals surface area contributed by atoms with Crippen LogP contribution < -0.4 is 10.1 Å². The van der Waals surface area contributed by atoms with E-state index in [4.69, 9.17) is 14.2 Å². The minimum absolute atomic E-state index is 0.00692. The molecule has 2 saturated heterocycles. The van der Waals surface area contributed by atoms with E-state index in [1.54, 1.807) is 17.0 Å². The lowest BCUT2D eigenvalue weighted by molar-refractivity contribution is -0.136. The number of benzene rings is 1. The van der Waals surface area contributed by atoms with E-state index in [1.807, 2.05) is 12.1 Å². The first-order chi connectivity index (χ1) is 14.0. The van der Waals surface area contributed by atoms with Crippen molar-refractivity contribution in [3.05, 3.63) is 29.8 Å². The number of Topliss-reactive ketones (excluding diaryl/α,β-unsaturated/α-hetero) is 1. The molecule has 3 aliphatic heterocycles. The fourth-order valence-electron chi connectivity index (χ4n) is 4.08. The first kappa shape index (κ1) is 19.8. The second kappa shape index (κ2) is 8.51. The summed E-state index contributed by atoms with van der Waals surface area (Å²) in [6, 6.07) is 7.22. The number of ether oxygens (including phenoxy) is 3. The summed E-state index contributed by atoms with van der Waals surface area (Å²) in [6.45, 7) is 2.29. The zero-order chi connectivity index (χ0) is 20.3. The maximum atomic E-state index is 12.6. The van der Waals surface area contributed by atoms with Crippen LogP contribution in [0, 0.1) is 0 Å². The molecule has 0 bridgehead atoms. The quantitative estimate of drug-likeness (QED) is 0.806. The molecule has 2 fully saturated rings. The van der Waals surface area contributed by atoms with Crippen LogP contribution in [0.5, 0.6) is 5.75 Å². The third-order valence-electron chi connectivity index (χ3n) is 5.73. The lowest BCUT2D eigenvalue weighted by Crippen LogP contribution is -2.45. The number of rotatable bonds is 4. The molecule has 0 radical (unpaired) electrons. The third kappa shape index (κ3) is 4.59. The minimum Gasteiger partial charge on any atom is -0.486 e. The number of nitrogens with one attached hydrogen (secondary N) is 1. The number of carbonyl (C=O) groups excluding carboxylic acids is 3. The van der Waals surface area contributed by atoms with E-state index in [0.29, 0.717) is 57.1 Å². The van der Waals surface area contributed by atoms with Crippen LogP contribution in [-0.2, 0) is 19.1 Å². The van der Waals surface area contributed by atoms with Crippen LogP contribution in [0.2, 0.25) is 0 Å². The molecular weight excluding hydrogens is 376 g/mol. The summed E-state index contributed by atoms with van der Waals surface area (Å²) in [5.41, 5.74) is -0.0848. The Hall–Kier alpha value is -2.45. The van der Waals surface area contributed by atoms with Crippen LogP contribution in [0.1, 0.15) is 36.0 Å². The number of hydrogen-bond donors (Lipinski definition) is 1. The minimum atomic E-state index is -0.681. The molecule has 2 atom stereocenters. The highest BCUT2D eigenvalue weighted by atomic mass is 16.6. The molecule has 1 spiro atoms. The lowest BCUT2D eigenvalue weighted by atomic mass is 9.84. The van der Waals surface area contributed by atoms with Gasteiger partial charge in [-0.3, -0.25) is 14.4 Å². The zero-order valence-electron chi connectivity index (χ0n) is 16.4. The number of amides is 2. The molecule has 1 aromatic rings. The van der Waals surface area contributed by atoms with Crippen molar-refractivity contribution in [3.8, 4) is 5.75 Å². The van der Waals surface area contributed by atoms with Gasteiger partial charge in [0.1, 0.15) is 11.4 Å². The first-order valence-electron chi connectivity index (χ1n) is 10.1. The Kier molecular flexibility index (Phi) is 5.82. The van der Waals surface area contributed by atoms with Gasteiger partial charge in [-0.05, 0) is 18.6 Å². The van der Waals surface area contributed by atoms with E-state index in [9.17, 15) is 14.4 Å². The largest absolute Gasteiger partial charge is 0.486 e. The summed E-state index contributed by atoms with van der Waals surface area (Å²) >= 11 is 0. The predicted molar refractivity (Wildman–Crippen MR) is 103 cm³/mol. The summed E-state index contributed by atoms with van der Waals surface area (Å²) < 4.78 is 17.0. The van der Waals surface area contributed by atoms with Gasteiger partial charge in [0, 0.05) is 25.9 Å². The number of likely N-dealkylation sites (tertiary alicyclic amines) is 1. The molecule has 1 aromatic carbocycles. The second-order valence-electron chi connectivity index (χ2n) is 7.82. The van der Waals surface area contributed by atoms with Gasteiger partial charge in [-0.1, -0.05) is 12.1 Å². The molecule has 4 rings (SSSR count). The van der Waals surface area contributed by atoms with E-state index in [1.165, 1.54) is 0 Å². The van der Waals surface area contributed by atoms with E-state index >= 15 is 0 Å². The Balaban J connectivity index is 1.34. The summed E-state index contributed by atoms with van der Waals surface area (Å²) in [7, 11) is 0. The molecule has 8 nitrogen and oxygen atoms in total. The van der Waals surface area contributed by atoms with Crippen LogP contribution >= 0.6 is 0 Å². The maximum absolute atomic E-state index is 12.6. The second-order valence-corrected chi connectivity index (χ2v) is 7.82. The van der Waals surface area contributed by atoms with Crippen LogP contribution in [-0.4, -0.2) is 73.7 Å². The molecule has 0 aromatic heterocycles. The normalized spacial score (nSPS) is 27.2. The highest BCUT2D eigenvalue weighted by Crippen LogP contribution is 2.39. The molecular formula is C21H26N2O6. The van der Waals surface area contributed by atoms with Crippen molar-refractivity contribution >= 4 is 17.6 Å². The molecule has 0 saturated carbocycles. The van der Waals surface area contributed by atoms with Crippen molar-refractivity contribution < 1.29 is 28.6 Å². The molecule has 3 heterocycles. The van der Waals surface area contributed by atoms with Crippen LogP contribution in [0.15, 0.2) is 24.3 Å². The van der Waals surface area contributed by atoms with E-state index in [2.05, 4.69) is 5.32 Å². The topological polar surface area (TPSA) is 94.2 Å². The molecule has 0 aliphatic carbocycles. The molecule has 0 unspecified atom stereocenters. The zero-order valence-corrected chi connectivity index (χ0v) is 16.4. The van der Waals surface area contributed by atoms with E-state index in [-0.39, 0.29) is 43.1 Å². The van der Waals surface area contributed by atoms with Crippen molar-refractivity contribution in [2.45, 2.75) is 37.4 Å². The fraction of sp³-hybridized carbons (Fsp3) is 0.571. The van der Waals surface area contributed by atoms with Gasteiger partial charge in [0.25, 0.3) is 0 Å². The fourth-order valence-corrected chi connectivity index (χ4v) is 4.08. The van der Waals surface area contributed by atoms with Crippen molar-refractivity contribution in [1.29, 1.82) is 0 Å². The first-order valence-corrected chi connectivity index (χ1v) is 10.1. The maximum Gasteiger partial charge on any atom is 0.239 e. The Morgan fingerprint density at radius 3 is 2.90 bits per heavy atom. The smallest absolute Gasteiger partial charge is 0.239 e. The number of nitrogens with zero attached hydrogens (tertiary/aromatic N) is 1. The Morgan fingerprint density at radius 1 is 1.21 bits per heavy atom. The summed E-state index contributed by atoms with van der Waals surface area (Å²) in [5, 5.41) is 2.81. The van der Waals surface area contributed by atoms with Gasteiger partial charge in [0.15, 0.2) is 5.78 Å². The van der Waals surface area contributed by atoms with Gasteiger partial charge in [0.2, 0.25) is 11.8 Å². The van der Waals surface area contributed by atoms with Crippen LogP contribution in [0.4, 0.5) is 0 Å². The van der Waals surface area contributed by atoms with Crippen molar-refractivity contribution in [3.63, 3.8) is 0 Å². The van der Waals surface area contributed by atoms with Gasteiger partial charge in [-0.2, -0.15) is 0 Å². The average molecular weight is 402 g/mol. The standard InChI is InChI=1S/C21H26N2O6/c24-17-11-21(29-18-4-2-1-3-16(17)18)6-5-20(26)23(8-7-21)13-19(25)22-12-15-14-27-9-10-28-15/h1-4,15H,5-14H2,(H,22,25)/t15-,21+/m0/s1. The SMILES string of the molecule is O=C(CN1CC[C@]2(CCC1=O)CC(=O)c1ccccc1O2)NC[C@H]1COCCO1. The van der Waals surface area contributed by atoms with Crippen LogP contribution in [0.25, 0.3) is 0 Å². The summed E-state index contributed by atoms with van der Waals surface area (Å²) in [6.07, 6.45) is 1.35. The third-order valence-corrected chi connectivity index (χ3v) is 5.73. The summed E-state index contributed by atoms with van der Waals surface area (Å²) in [4.78, 5) is 39.0. The van der Waals surface area contributed by atoms with Gasteiger partial charge in [-0.15, -0.1) is 0 Å². The monoisotopic (exact) mass is 402 g/mol. The predicted octanol–water partition coefficient (Wildman–Crippen LogP) is 0.935. The number of carbonyl (C=O) groups is 3. The molecule has 1 N–H and O–H groups in total. The number of ketones is 1. The van der Waals surface area contributed by atoms with Crippen molar-refractivity contribution in [1.82, 2.24) is 10.2 Å². The van der Waals surface area contributed by atoms with E-state index in [0.717, 1.165) is 0 Å². The number of para-hydroxylation sites is 1. The Bertz CT molecular complexity index is 791. The average Bonchev–Trinajstić information content (AvgIpc) is 2.87. The Labute approximate surface area is 169 Å². The molecule has 156 valence electrons. The number of fused-ring (bicyclic) bond motifs is 1. The highest BCUT2D eigenvalue weighted by Gasteiger charge is 2.43. The van der Waals surface area contributed by atoms with Gasteiger partial charge < -0.3 is 24.4 Å². The highest BCUT2D eigenvalue weighted by molar-refractivity contribution is 6.00. The molecule has 3 aliphatic rings. The van der Waals surface area contributed by atoms with Crippen molar-refractivity contribution in [2.75, 3.05) is 39.5 Å². The lowest BCUT2D eigenvalue weighted by Gasteiger charge is -2.37. The molecule has 29 heavy (non-hydrogen) atoms.